The Morgan fingerprint density at radius 1 is 1.04 bits per heavy atom. The lowest BCUT2D eigenvalue weighted by Crippen LogP contribution is -2.35. The van der Waals surface area contributed by atoms with Crippen LogP contribution < -0.4 is 4.57 Å². The summed E-state index contributed by atoms with van der Waals surface area (Å²) in [6, 6.07) is 8.65. The number of hydrogen-bond donors (Lipinski definition) is 0. The van der Waals surface area contributed by atoms with Crippen molar-refractivity contribution in [3.8, 4) is 11.3 Å². The molecule has 3 rings (SSSR count). The average Bonchev–Trinajstić information content (AvgIpc) is 2.60. The SMILES string of the molecule is [2H]c1c(C)[n+](C)c(-c2c(C)c(C)cc(C)c2F)c2ccc(C(C)C)cc12. The van der Waals surface area contributed by atoms with Crippen LogP contribution in [-0.4, -0.2) is 0 Å². The normalized spacial score (nSPS) is 12.1. The molecule has 3 aromatic rings. The minimum absolute atomic E-state index is 0.171. The zero-order chi connectivity index (χ0) is 19.3. The van der Waals surface area contributed by atoms with Gasteiger partial charge < -0.3 is 0 Å². The number of nitrogens with zero attached hydrogens (tertiary/aromatic N) is 1. The second-order valence-corrected chi connectivity index (χ2v) is 7.40. The van der Waals surface area contributed by atoms with E-state index >= 15 is 4.39 Å². The Morgan fingerprint density at radius 2 is 1.72 bits per heavy atom. The van der Waals surface area contributed by atoms with Crippen LogP contribution in [0.15, 0.2) is 30.3 Å². The molecule has 0 aliphatic heterocycles. The maximum absolute atomic E-state index is 15.2. The van der Waals surface area contributed by atoms with Crippen molar-refractivity contribution in [2.75, 3.05) is 0 Å². The van der Waals surface area contributed by atoms with Gasteiger partial charge in [0.25, 0.3) is 0 Å². The van der Waals surface area contributed by atoms with E-state index in [1.54, 1.807) is 0 Å². The summed E-state index contributed by atoms with van der Waals surface area (Å²) in [6.07, 6.45) is 0. The number of halogens is 1. The molecule has 0 bridgehead atoms. The minimum atomic E-state index is -0.171. The van der Waals surface area contributed by atoms with Crippen LogP contribution in [0.3, 0.4) is 0 Å². The van der Waals surface area contributed by atoms with Crippen LogP contribution in [0.5, 0.6) is 0 Å². The molecule has 2 heteroatoms. The fourth-order valence-electron chi connectivity index (χ4n) is 3.50. The van der Waals surface area contributed by atoms with Gasteiger partial charge in [-0.1, -0.05) is 32.0 Å². The molecule has 0 spiro atoms. The van der Waals surface area contributed by atoms with Crippen molar-refractivity contribution in [1.29, 1.82) is 0 Å². The van der Waals surface area contributed by atoms with E-state index < -0.39 is 0 Å². The molecule has 0 amide bonds. The third-order valence-electron chi connectivity index (χ3n) is 5.32. The third-order valence-corrected chi connectivity index (χ3v) is 5.32. The van der Waals surface area contributed by atoms with Crippen molar-refractivity contribution in [2.45, 2.75) is 47.5 Å². The highest BCUT2D eigenvalue weighted by Crippen LogP contribution is 2.34. The fourth-order valence-corrected chi connectivity index (χ4v) is 3.50. The zero-order valence-electron chi connectivity index (χ0n) is 17.2. The molecule has 0 aliphatic rings. The maximum atomic E-state index is 15.2. The Balaban J connectivity index is 2.53. The average molecular weight is 337 g/mol. The molecule has 25 heavy (non-hydrogen) atoms. The number of pyridine rings is 1. The van der Waals surface area contributed by atoms with Gasteiger partial charge in [-0.25, -0.2) is 4.39 Å². The first-order valence-electron chi connectivity index (χ1n) is 9.34. The smallest absolute Gasteiger partial charge is 0.206 e. The van der Waals surface area contributed by atoms with E-state index in [9.17, 15) is 0 Å². The van der Waals surface area contributed by atoms with Gasteiger partial charge in [-0.15, -0.1) is 0 Å². The highest BCUT2D eigenvalue weighted by molar-refractivity contribution is 5.94. The molecule has 1 nitrogen and oxygen atoms in total. The molecule has 0 atom stereocenters. The standard InChI is InChI=1S/C23H27FN/c1-13(2)18-8-9-20-19(12-18)11-16(5)25(7)23(20)21-17(6)14(3)10-15(4)22(21)24/h8-13H,1-7H3/q+1/i11D. The van der Waals surface area contributed by atoms with Crippen molar-refractivity contribution >= 4 is 10.8 Å². The summed E-state index contributed by atoms with van der Waals surface area (Å²) in [5, 5.41) is 1.82. The lowest BCUT2D eigenvalue weighted by molar-refractivity contribution is -0.665. The second-order valence-electron chi connectivity index (χ2n) is 7.40. The summed E-state index contributed by atoms with van der Waals surface area (Å²) in [5.74, 6) is 0.214. The maximum Gasteiger partial charge on any atom is 0.223 e. The minimum Gasteiger partial charge on any atom is -0.206 e. The molecule has 0 N–H and O–H groups in total. The first-order valence-corrected chi connectivity index (χ1v) is 8.84. The monoisotopic (exact) mass is 337 g/mol. The van der Waals surface area contributed by atoms with Crippen LogP contribution >= 0.6 is 0 Å². The molecule has 130 valence electrons. The Labute approximate surface area is 151 Å². The fraction of sp³-hybridized carbons (Fsp3) is 0.348. The quantitative estimate of drug-likeness (QED) is 0.518. The van der Waals surface area contributed by atoms with Crippen LogP contribution in [-0.2, 0) is 7.05 Å². The van der Waals surface area contributed by atoms with Crippen LogP contribution in [0, 0.1) is 33.5 Å². The van der Waals surface area contributed by atoms with Gasteiger partial charge in [-0.2, -0.15) is 4.57 Å². The predicted octanol–water partition coefficient (Wildman–Crippen LogP) is 5.83. The van der Waals surface area contributed by atoms with Crippen LogP contribution in [0.4, 0.5) is 4.39 Å². The first-order chi connectivity index (χ1) is 12.1. The van der Waals surface area contributed by atoms with E-state index in [4.69, 9.17) is 1.37 Å². The van der Waals surface area contributed by atoms with Crippen molar-refractivity contribution in [1.82, 2.24) is 0 Å². The van der Waals surface area contributed by atoms with E-state index in [1.807, 2.05) is 51.4 Å². The number of hydrogen-bond acceptors (Lipinski definition) is 0. The van der Waals surface area contributed by atoms with Crippen LogP contribution in [0.1, 0.15) is 49.1 Å². The lowest BCUT2D eigenvalue weighted by atomic mass is 9.92. The predicted molar refractivity (Wildman–Crippen MR) is 104 cm³/mol. The Morgan fingerprint density at radius 3 is 2.36 bits per heavy atom. The van der Waals surface area contributed by atoms with Gasteiger partial charge in [-0.3, -0.25) is 0 Å². The third kappa shape index (κ3) is 2.84. The van der Waals surface area contributed by atoms with Gasteiger partial charge in [-0.05, 0) is 60.4 Å². The number of aromatic nitrogens is 1. The van der Waals surface area contributed by atoms with Crippen molar-refractivity contribution < 1.29 is 10.3 Å². The first kappa shape index (κ1) is 16.3. The molecule has 1 aromatic heterocycles. The second kappa shape index (κ2) is 6.25. The van der Waals surface area contributed by atoms with Crippen LogP contribution in [0.2, 0.25) is 0 Å². The van der Waals surface area contributed by atoms with Crippen LogP contribution in [0.25, 0.3) is 22.0 Å². The largest absolute Gasteiger partial charge is 0.223 e. The number of rotatable bonds is 2. The highest BCUT2D eigenvalue weighted by atomic mass is 19.1. The summed E-state index contributed by atoms with van der Waals surface area (Å²) in [5.41, 5.74) is 6.23. The molecule has 0 saturated heterocycles. The number of aryl methyl sites for hydroxylation is 2. The Bertz CT molecular complexity index is 1010. The molecule has 0 saturated carbocycles. The molecule has 0 unspecified atom stereocenters. The van der Waals surface area contributed by atoms with Gasteiger partial charge >= 0.3 is 0 Å². The summed E-state index contributed by atoms with van der Waals surface area (Å²) >= 11 is 0. The number of benzene rings is 2. The lowest BCUT2D eigenvalue weighted by Gasteiger charge is -2.15. The van der Waals surface area contributed by atoms with Gasteiger partial charge in [0.2, 0.25) is 5.69 Å². The van der Waals surface area contributed by atoms with Crippen molar-refractivity contribution in [3.05, 3.63) is 64.1 Å². The van der Waals surface area contributed by atoms with Gasteiger partial charge in [0, 0.05) is 13.0 Å². The molecular weight excluding hydrogens is 309 g/mol. The van der Waals surface area contributed by atoms with Crippen molar-refractivity contribution in [2.24, 2.45) is 7.05 Å². The van der Waals surface area contributed by atoms with E-state index in [0.29, 0.717) is 23.1 Å². The van der Waals surface area contributed by atoms with E-state index in [-0.39, 0.29) is 5.82 Å². The van der Waals surface area contributed by atoms with Gasteiger partial charge in [0.15, 0.2) is 5.69 Å². The molecular formula is C23H27FN+. The van der Waals surface area contributed by atoms with E-state index in [0.717, 1.165) is 33.3 Å². The number of fused-ring (bicyclic) bond motifs is 1. The van der Waals surface area contributed by atoms with Gasteiger partial charge in [0.05, 0.1) is 12.3 Å². The summed E-state index contributed by atoms with van der Waals surface area (Å²) in [6.45, 7) is 12.0. The molecule has 1 heterocycles. The Hall–Kier alpha value is -2.22. The highest BCUT2D eigenvalue weighted by Gasteiger charge is 2.25. The summed E-state index contributed by atoms with van der Waals surface area (Å²) < 4.78 is 25.8. The summed E-state index contributed by atoms with van der Waals surface area (Å²) in [7, 11) is 1.93. The van der Waals surface area contributed by atoms with Gasteiger partial charge in [0.1, 0.15) is 12.9 Å². The van der Waals surface area contributed by atoms with Crippen molar-refractivity contribution in [3.63, 3.8) is 0 Å². The zero-order valence-corrected chi connectivity index (χ0v) is 16.2. The molecule has 0 fully saturated rings. The Kier molecular flexibility index (Phi) is 4.07. The van der Waals surface area contributed by atoms with E-state index in [2.05, 4.69) is 26.0 Å². The molecule has 0 aliphatic carbocycles. The van der Waals surface area contributed by atoms with E-state index in [1.165, 1.54) is 5.56 Å². The topological polar surface area (TPSA) is 3.88 Å². The molecule has 2 aromatic carbocycles. The molecule has 0 radical (unpaired) electrons. The summed E-state index contributed by atoms with van der Waals surface area (Å²) in [4.78, 5) is 0.